The first-order chi connectivity index (χ1) is 10.3. The van der Waals surface area contributed by atoms with E-state index in [1.165, 1.54) is 11.1 Å². The van der Waals surface area contributed by atoms with Crippen molar-refractivity contribution in [3.8, 4) is 11.5 Å². The third-order valence-electron chi connectivity index (χ3n) is 3.02. The summed E-state index contributed by atoms with van der Waals surface area (Å²) in [6, 6.07) is 8.33. The number of hydrogen-bond donors (Lipinski definition) is 0. The lowest BCUT2D eigenvalue weighted by molar-refractivity contribution is 0.268. The van der Waals surface area contributed by atoms with Gasteiger partial charge in [-0.3, -0.25) is 0 Å². The molecule has 0 aliphatic carbocycles. The second-order valence-electron chi connectivity index (χ2n) is 4.82. The molecule has 0 amide bonds. The molecule has 1 heterocycles. The van der Waals surface area contributed by atoms with E-state index in [2.05, 4.69) is 58.7 Å². The Morgan fingerprint density at radius 2 is 1.71 bits per heavy atom. The first kappa shape index (κ1) is 16.4. The summed E-state index contributed by atoms with van der Waals surface area (Å²) < 4.78 is 11.6. The first-order valence-electron chi connectivity index (χ1n) is 7.32. The number of hydrogen-bond acceptors (Lipinski definition) is 3. The Balaban J connectivity index is 2.22. The summed E-state index contributed by atoms with van der Waals surface area (Å²) >= 11 is 5.47. The summed E-state index contributed by atoms with van der Waals surface area (Å²) in [4.78, 5) is 0.188. The second kappa shape index (κ2) is 8.44. The molecular formula is C17H21BrO2S. The minimum absolute atomic E-state index is 0.188. The molecule has 0 saturated carbocycles. The number of alkyl halides is 1. The van der Waals surface area contributed by atoms with Crippen molar-refractivity contribution in [2.75, 3.05) is 13.2 Å². The van der Waals surface area contributed by atoms with Crippen LogP contribution in [0.3, 0.4) is 0 Å². The van der Waals surface area contributed by atoms with Gasteiger partial charge in [0, 0.05) is 0 Å². The van der Waals surface area contributed by atoms with Gasteiger partial charge in [0.1, 0.15) is 0 Å². The number of ether oxygens (including phenoxy) is 2. The molecule has 0 N–H and O–H groups in total. The maximum atomic E-state index is 5.85. The molecule has 0 fully saturated rings. The highest BCUT2D eigenvalue weighted by Gasteiger charge is 2.14. The molecule has 1 aromatic carbocycles. The zero-order valence-electron chi connectivity index (χ0n) is 12.5. The van der Waals surface area contributed by atoms with Crippen molar-refractivity contribution >= 4 is 27.3 Å². The van der Waals surface area contributed by atoms with E-state index in [-0.39, 0.29) is 4.83 Å². The van der Waals surface area contributed by atoms with Gasteiger partial charge in [-0.2, -0.15) is 11.3 Å². The lowest BCUT2D eigenvalue weighted by Crippen LogP contribution is -2.02. The van der Waals surface area contributed by atoms with Crippen LogP contribution in [0.1, 0.15) is 42.6 Å². The topological polar surface area (TPSA) is 18.5 Å². The Hall–Kier alpha value is -1.00. The predicted octanol–water partition coefficient (Wildman–Crippen LogP) is 5.81. The van der Waals surface area contributed by atoms with Crippen LogP contribution < -0.4 is 9.47 Å². The van der Waals surface area contributed by atoms with Crippen molar-refractivity contribution in [2.24, 2.45) is 0 Å². The molecule has 0 bridgehead atoms. The van der Waals surface area contributed by atoms with Gasteiger partial charge in [0.2, 0.25) is 0 Å². The molecule has 21 heavy (non-hydrogen) atoms. The van der Waals surface area contributed by atoms with E-state index in [1.807, 2.05) is 6.07 Å². The summed E-state index contributed by atoms with van der Waals surface area (Å²) in [6.07, 6.45) is 1.98. The van der Waals surface area contributed by atoms with E-state index < -0.39 is 0 Å². The standard InChI is InChI=1S/C17H21BrO2S/c1-3-8-19-15-6-5-13(11-16(15)20-9-4-2)17(18)14-7-10-21-12-14/h5-7,10-12,17H,3-4,8-9H2,1-2H3. The Morgan fingerprint density at radius 3 is 2.33 bits per heavy atom. The van der Waals surface area contributed by atoms with E-state index in [0.717, 1.165) is 24.3 Å². The summed E-state index contributed by atoms with van der Waals surface area (Å²) in [5, 5.41) is 4.25. The van der Waals surface area contributed by atoms with Gasteiger partial charge in [0.05, 0.1) is 18.0 Å². The second-order valence-corrected chi connectivity index (χ2v) is 6.52. The molecule has 2 rings (SSSR count). The van der Waals surface area contributed by atoms with Gasteiger partial charge >= 0.3 is 0 Å². The minimum Gasteiger partial charge on any atom is -0.490 e. The van der Waals surface area contributed by atoms with Gasteiger partial charge < -0.3 is 9.47 Å². The van der Waals surface area contributed by atoms with Crippen LogP contribution in [0, 0.1) is 0 Å². The van der Waals surface area contributed by atoms with Crippen LogP contribution in [0.2, 0.25) is 0 Å². The largest absolute Gasteiger partial charge is 0.490 e. The molecule has 0 radical (unpaired) electrons. The number of benzene rings is 1. The van der Waals surface area contributed by atoms with Gasteiger partial charge in [0.25, 0.3) is 0 Å². The molecule has 0 saturated heterocycles. The van der Waals surface area contributed by atoms with E-state index in [0.29, 0.717) is 13.2 Å². The lowest BCUT2D eigenvalue weighted by Gasteiger charge is -2.15. The molecule has 1 unspecified atom stereocenters. The highest BCUT2D eigenvalue weighted by atomic mass is 79.9. The highest BCUT2D eigenvalue weighted by Crippen LogP contribution is 2.37. The smallest absolute Gasteiger partial charge is 0.161 e. The molecular weight excluding hydrogens is 348 g/mol. The molecule has 114 valence electrons. The zero-order valence-corrected chi connectivity index (χ0v) is 14.9. The van der Waals surface area contributed by atoms with Crippen molar-refractivity contribution in [3.63, 3.8) is 0 Å². The Morgan fingerprint density at radius 1 is 1.00 bits per heavy atom. The molecule has 1 atom stereocenters. The van der Waals surface area contributed by atoms with E-state index in [9.17, 15) is 0 Å². The van der Waals surface area contributed by atoms with Crippen molar-refractivity contribution in [2.45, 2.75) is 31.5 Å². The highest BCUT2D eigenvalue weighted by molar-refractivity contribution is 9.09. The van der Waals surface area contributed by atoms with E-state index >= 15 is 0 Å². The van der Waals surface area contributed by atoms with Gasteiger partial charge in [-0.25, -0.2) is 0 Å². The summed E-state index contributed by atoms with van der Waals surface area (Å²) in [7, 11) is 0. The van der Waals surface area contributed by atoms with Gasteiger partial charge in [-0.15, -0.1) is 0 Å². The normalized spacial score (nSPS) is 12.1. The molecule has 0 aliphatic heterocycles. The van der Waals surface area contributed by atoms with Crippen molar-refractivity contribution in [3.05, 3.63) is 46.2 Å². The molecule has 2 aromatic rings. The zero-order chi connectivity index (χ0) is 15.1. The predicted molar refractivity (Wildman–Crippen MR) is 93.1 cm³/mol. The summed E-state index contributed by atoms with van der Waals surface area (Å²) in [5.74, 6) is 1.67. The maximum absolute atomic E-state index is 5.85. The van der Waals surface area contributed by atoms with Crippen LogP contribution in [0.5, 0.6) is 11.5 Å². The van der Waals surface area contributed by atoms with Gasteiger partial charge in [-0.05, 0) is 52.9 Å². The monoisotopic (exact) mass is 368 g/mol. The van der Waals surface area contributed by atoms with Crippen LogP contribution in [0.4, 0.5) is 0 Å². The number of rotatable bonds is 8. The van der Waals surface area contributed by atoms with Crippen LogP contribution in [0.25, 0.3) is 0 Å². The number of thiophene rings is 1. The first-order valence-corrected chi connectivity index (χ1v) is 9.17. The summed E-state index contributed by atoms with van der Waals surface area (Å²) in [6.45, 7) is 5.63. The third kappa shape index (κ3) is 4.48. The van der Waals surface area contributed by atoms with Gasteiger partial charge in [0.15, 0.2) is 11.5 Å². The minimum atomic E-state index is 0.188. The van der Waals surface area contributed by atoms with E-state index in [1.54, 1.807) is 11.3 Å². The van der Waals surface area contributed by atoms with Crippen molar-refractivity contribution < 1.29 is 9.47 Å². The molecule has 1 aromatic heterocycles. The SMILES string of the molecule is CCCOc1ccc(C(Br)c2ccsc2)cc1OCCC. The molecule has 4 heteroatoms. The molecule has 2 nitrogen and oxygen atoms in total. The Labute approximate surface area is 139 Å². The maximum Gasteiger partial charge on any atom is 0.161 e. The van der Waals surface area contributed by atoms with E-state index in [4.69, 9.17) is 9.47 Å². The average molecular weight is 369 g/mol. The van der Waals surface area contributed by atoms with Crippen LogP contribution in [0.15, 0.2) is 35.0 Å². The fraction of sp³-hybridized carbons (Fsp3) is 0.412. The number of halogens is 1. The van der Waals surface area contributed by atoms with Crippen LogP contribution >= 0.6 is 27.3 Å². The Bertz CT molecular complexity index is 540. The molecule has 0 spiro atoms. The quantitative estimate of drug-likeness (QED) is 0.547. The lowest BCUT2D eigenvalue weighted by atomic mass is 10.1. The third-order valence-corrected chi connectivity index (χ3v) is 4.78. The Kier molecular flexibility index (Phi) is 6.58. The summed E-state index contributed by atoms with van der Waals surface area (Å²) in [5.41, 5.74) is 2.45. The van der Waals surface area contributed by atoms with Gasteiger partial charge in [-0.1, -0.05) is 35.8 Å². The van der Waals surface area contributed by atoms with Crippen LogP contribution in [-0.2, 0) is 0 Å². The molecule has 0 aliphatic rings. The van der Waals surface area contributed by atoms with Crippen molar-refractivity contribution in [1.82, 2.24) is 0 Å². The van der Waals surface area contributed by atoms with Crippen LogP contribution in [-0.4, -0.2) is 13.2 Å². The average Bonchev–Trinajstić information content (AvgIpc) is 3.04. The fourth-order valence-corrected chi connectivity index (χ4v) is 3.38. The fourth-order valence-electron chi connectivity index (χ4n) is 1.95. The van der Waals surface area contributed by atoms with Crippen molar-refractivity contribution in [1.29, 1.82) is 0 Å².